The molecule has 4 rings (SSSR count). The highest BCUT2D eigenvalue weighted by Crippen LogP contribution is 2.34. The molecular formula is C17H15N5O4S2. The third-order valence-corrected chi connectivity index (χ3v) is 6.39. The lowest BCUT2D eigenvalue weighted by Crippen LogP contribution is -2.25. The number of nitrogens with zero attached hydrogens (tertiary/aromatic N) is 3. The minimum absolute atomic E-state index is 0.00973. The fourth-order valence-electron chi connectivity index (χ4n) is 2.54. The zero-order chi connectivity index (χ0) is 19.7. The van der Waals surface area contributed by atoms with Crippen LogP contribution in [0.4, 0.5) is 11.4 Å². The van der Waals surface area contributed by atoms with Crippen LogP contribution in [0.1, 0.15) is 0 Å². The normalized spacial score (nSPS) is 13.4. The zero-order valence-electron chi connectivity index (χ0n) is 14.6. The number of para-hydroxylation sites is 1. The summed E-state index contributed by atoms with van der Waals surface area (Å²) < 4.78 is 35.4. The van der Waals surface area contributed by atoms with Gasteiger partial charge in [0.2, 0.25) is 0 Å². The highest BCUT2D eigenvalue weighted by molar-refractivity contribution is 7.99. The first-order valence-electron chi connectivity index (χ1n) is 8.13. The number of carbonyl (C=O) groups excluding carboxylic acids is 1. The number of carbonyl (C=O) groups is 1. The minimum atomic E-state index is -3.89. The molecule has 2 aromatic carbocycles. The number of hydrogen-bond acceptors (Lipinski definition) is 7. The van der Waals surface area contributed by atoms with E-state index in [4.69, 9.17) is 4.74 Å². The summed E-state index contributed by atoms with van der Waals surface area (Å²) >= 11 is 1.29. The van der Waals surface area contributed by atoms with Crippen molar-refractivity contribution in [2.24, 2.45) is 7.05 Å². The topological polar surface area (TPSA) is 115 Å². The maximum absolute atomic E-state index is 12.9. The molecule has 1 aromatic heterocycles. The van der Waals surface area contributed by atoms with Crippen molar-refractivity contribution >= 4 is 39.1 Å². The second-order valence-corrected chi connectivity index (χ2v) is 8.61. The number of fused-ring (bicyclic) bond motifs is 1. The Bertz CT molecular complexity index is 1160. The van der Waals surface area contributed by atoms with Crippen molar-refractivity contribution in [1.82, 2.24) is 14.8 Å². The average Bonchev–Trinajstić information content (AvgIpc) is 3.07. The summed E-state index contributed by atoms with van der Waals surface area (Å²) in [5.41, 5.74) is 0.731. The number of nitrogens with one attached hydrogen (secondary N) is 2. The van der Waals surface area contributed by atoms with E-state index in [1.807, 2.05) is 6.07 Å². The van der Waals surface area contributed by atoms with Crippen LogP contribution in [-0.4, -0.2) is 35.7 Å². The van der Waals surface area contributed by atoms with Gasteiger partial charge in [-0.3, -0.25) is 9.52 Å². The van der Waals surface area contributed by atoms with Gasteiger partial charge < -0.3 is 14.6 Å². The van der Waals surface area contributed by atoms with Gasteiger partial charge in [0.1, 0.15) is 12.1 Å². The first kappa shape index (κ1) is 18.3. The number of anilines is 2. The lowest BCUT2D eigenvalue weighted by Gasteiger charge is -2.19. The Kier molecular flexibility index (Phi) is 4.69. The molecular weight excluding hydrogens is 402 g/mol. The molecule has 0 spiro atoms. The molecule has 0 aliphatic carbocycles. The number of rotatable bonds is 5. The Labute approximate surface area is 165 Å². The molecule has 0 saturated heterocycles. The third-order valence-electron chi connectivity index (χ3n) is 3.90. The molecule has 0 radical (unpaired) electrons. The monoisotopic (exact) mass is 417 g/mol. The summed E-state index contributed by atoms with van der Waals surface area (Å²) in [5, 5.41) is 11.1. The lowest BCUT2D eigenvalue weighted by atomic mass is 10.2. The number of sulfonamides is 1. The van der Waals surface area contributed by atoms with Gasteiger partial charge in [0.05, 0.1) is 16.3 Å². The second-order valence-electron chi connectivity index (χ2n) is 5.92. The van der Waals surface area contributed by atoms with Gasteiger partial charge in [-0.1, -0.05) is 12.1 Å². The number of hydrogen-bond donors (Lipinski definition) is 2. The summed E-state index contributed by atoms with van der Waals surface area (Å²) in [6, 6.07) is 11.3. The second kappa shape index (κ2) is 7.17. The molecule has 1 aliphatic heterocycles. The van der Waals surface area contributed by atoms with E-state index in [9.17, 15) is 13.2 Å². The van der Waals surface area contributed by atoms with E-state index in [1.54, 1.807) is 36.1 Å². The van der Waals surface area contributed by atoms with E-state index in [0.717, 1.165) is 0 Å². The van der Waals surface area contributed by atoms with E-state index in [1.165, 1.54) is 30.0 Å². The Morgan fingerprint density at radius 3 is 2.86 bits per heavy atom. The van der Waals surface area contributed by atoms with Gasteiger partial charge in [-0.05, 0) is 42.1 Å². The molecule has 0 atom stereocenters. The number of aryl methyl sites for hydroxylation is 1. The molecule has 2 heterocycles. The van der Waals surface area contributed by atoms with Gasteiger partial charge in [-0.25, -0.2) is 8.42 Å². The van der Waals surface area contributed by atoms with Gasteiger partial charge in [-0.15, -0.1) is 10.2 Å². The van der Waals surface area contributed by atoms with Crippen LogP contribution in [0.3, 0.4) is 0 Å². The van der Waals surface area contributed by atoms with Crippen LogP contribution in [-0.2, 0) is 21.9 Å². The summed E-state index contributed by atoms with van der Waals surface area (Å²) in [6.45, 7) is -0.0933. The quantitative estimate of drug-likeness (QED) is 0.653. The van der Waals surface area contributed by atoms with Crippen LogP contribution in [0.2, 0.25) is 0 Å². The highest BCUT2D eigenvalue weighted by atomic mass is 32.2. The van der Waals surface area contributed by atoms with Gasteiger partial charge in [0, 0.05) is 11.9 Å². The van der Waals surface area contributed by atoms with Crippen LogP contribution >= 0.6 is 11.8 Å². The maximum Gasteiger partial charge on any atom is 0.262 e. The van der Waals surface area contributed by atoms with Crippen molar-refractivity contribution < 1.29 is 17.9 Å². The van der Waals surface area contributed by atoms with Crippen LogP contribution in [0.5, 0.6) is 5.75 Å². The Morgan fingerprint density at radius 1 is 1.25 bits per heavy atom. The van der Waals surface area contributed by atoms with Crippen molar-refractivity contribution in [2.45, 2.75) is 14.9 Å². The smallest absolute Gasteiger partial charge is 0.262 e. The predicted molar refractivity (Wildman–Crippen MR) is 103 cm³/mol. The van der Waals surface area contributed by atoms with E-state index < -0.39 is 10.0 Å². The van der Waals surface area contributed by atoms with Gasteiger partial charge in [0.25, 0.3) is 15.9 Å². The molecule has 3 aromatic rings. The summed E-state index contributed by atoms with van der Waals surface area (Å²) in [7, 11) is -2.08. The van der Waals surface area contributed by atoms with Crippen molar-refractivity contribution in [3.8, 4) is 5.75 Å². The third kappa shape index (κ3) is 3.66. The largest absolute Gasteiger partial charge is 0.482 e. The number of aromatic nitrogens is 3. The van der Waals surface area contributed by atoms with E-state index >= 15 is 0 Å². The average molecular weight is 417 g/mol. The number of benzene rings is 2. The zero-order valence-corrected chi connectivity index (χ0v) is 16.3. The van der Waals surface area contributed by atoms with Crippen molar-refractivity contribution in [3.05, 3.63) is 48.8 Å². The molecule has 0 saturated carbocycles. The minimum Gasteiger partial charge on any atom is -0.482 e. The fraction of sp³-hybridized carbons (Fsp3) is 0.118. The molecule has 1 amide bonds. The fourth-order valence-corrected chi connectivity index (χ4v) is 4.56. The summed E-state index contributed by atoms with van der Waals surface area (Å²) in [5.74, 6) is 0.0946. The highest BCUT2D eigenvalue weighted by Gasteiger charge is 2.22. The van der Waals surface area contributed by atoms with E-state index in [2.05, 4.69) is 20.2 Å². The Hall–Kier alpha value is -3.05. The molecule has 1 aliphatic rings. The van der Waals surface area contributed by atoms with Crippen LogP contribution in [0.15, 0.2) is 63.7 Å². The molecule has 28 heavy (non-hydrogen) atoms. The standard InChI is InChI=1S/C17H15N5O4S2/c1-22-10-18-20-17(22)27-15-5-3-2-4-12(15)21-28(24,25)11-6-7-14-13(8-11)19-16(23)9-26-14/h2-8,10,21H,9H2,1H3,(H,19,23). The summed E-state index contributed by atoms with van der Waals surface area (Å²) in [4.78, 5) is 12.2. The van der Waals surface area contributed by atoms with Crippen molar-refractivity contribution in [1.29, 1.82) is 0 Å². The van der Waals surface area contributed by atoms with Crippen molar-refractivity contribution in [3.63, 3.8) is 0 Å². The molecule has 0 unspecified atom stereocenters. The van der Waals surface area contributed by atoms with Gasteiger partial charge >= 0.3 is 0 Å². The Morgan fingerprint density at radius 2 is 2.07 bits per heavy atom. The number of amides is 1. The first-order chi connectivity index (χ1) is 13.4. The van der Waals surface area contributed by atoms with Gasteiger partial charge in [0.15, 0.2) is 11.8 Å². The number of ether oxygens (including phenoxy) is 1. The Balaban J connectivity index is 1.63. The maximum atomic E-state index is 12.9. The molecule has 2 N–H and O–H groups in total. The summed E-state index contributed by atoms with van der Waals surface area (Å²) in [6.07, 6.45) is 1.57. The predicted octanol–water partition coefficient (Wildman–Crippen LogP) is 2.10. The first-order valence-corrected chi connectivity index (χ1v) is 10.4. The van der Waals surface area contributed by atoms with Crippen LogP contribution in [0, 0.1) is 0 Å². The van der Waals surface area contributed by atoms with E-state index in [-0.39, 0.29) is 17.4 Å². The van der Waals surface area contributed by atoms with Gasteiger partial charge in [-0.2, -0.15) is 0 Å². The van der Waals surface area contributed by atoms with Crippen molar-refractivity contribution in [2.75, 3.05) is 16.6 Å². The van der Waals surface area contributed by atoms with Crippen LogP contribution < -0.4 is 14.8 Å². The van der Waals surface area contributed by atoms with E-state index in [0.29, 0.717) is 27.2 Å². The SMILES string of the molecule is Cn1cnnc1Sc1ccccc1NS(=O)(=O)c1ccc2c(c1)NC(=O)CO2. The molecule has 9 nitrogen and oxygen atoms in total. The van der Waals surface area contributed by atoms with Crippen LogP contribution in [0.25, 0.3) is 0 Å². The molecule has 0 fully saturated rings. The molecule has 0 bridgehead atoms. The molecule has 11 heteroatoms. The lowest BCUT2D eigenvalue weighted by molar-refractivity contribution is -0.118. The molecule has 144 valence electrons.